The van der Waals surface area contributed by atoms with Crippen LogP contribution in [-0.4, -0.2) is 67.7 Å². The van der Waals surface area contributed by atoms with Gasteiger partial charge in [0.05, 0.1) is 26.9 Å². The summed E-state index contributed by atoms with van der Waals surface area (Å²) in [6, 6.07) is 40.3. The number of fused-ring (bicyclic) bond motifs is 3. The minimum Gasteiger partial charge on any atom is -0.497 e. The SMILES string of the molecule is COc1ccc(C(OC[C@H]2O[C@@H](n3cc(C)c(=O)[nH]c3=O)C[C@@H]2NC(=O)CNC(=O)OCC2c3ccccc3-c3ccccc32)(c2ccccc2)c2ccc(OC)cc2)cc1. The number of aryl methyl sites for hydroxylation is 1. The van der Waals surface area contributed by atoms with Crippen LogP contribution in [0.4, 0.5) is 4.79 Å². The molecule has 13 nitrogen and oxygen atoms in total. The van der Waals surface area contributed by atoms with Crippen molar-refractivity contribution < 1.29 is 33.3 Å². The molecule has 6 aromatic rings. The van der Waals surface area contributed by atoms with Crippen molar-refractivity contribution in [2.45, 2.75) is 43.2 Å². The predicted molar refractivity (Wildman–Crippen MR) is 228 cm³/mol. The largest absolute Gasteiger partial charge is 0.497 e. The Morgan fingerprint density at radius 2 is 1.31 bits per heavy atom. The summed E-state index contributed by atoms with van der Waals surface area (Å²) in [5.41, 5.74) is 4.72. The van der Waals surface area contributed by atoms with Crippen molar-refractivity contribution in [2.75, 3.05) is 34.0 Å². The fourth-order valence-electron chi connectivity index (χ4n) is 8.35. The van der Waals surface area contributed by atoms with Crippen LogP contribution >= 0.6 is 0 Å². The van der Waals surface area contributed by atoms with E-state index < -0.39 is 47.2 Å². The van der Waals surface area contributed by atoms with Crippen LogP contribution in [0.15, 0.2) is 143 Å². The molecule has 2 amide bonds. The molecule has 13 heteroatoms. The van der Waals surface area contributed by atoms with Gasteiger partial charge in [-0.2, -0.15) is 0 Å². The fourth-order valence-corrected chi connectivity index (χ4v) is 8.35. The lowest BCUT2D eigenvalue weighted by atomic mass is 9.80. The minimum atomic E-state index is -1.20. The Morgan fingerprint density at radius 3 is 1.90 bits per heavy atom. The van der Waals surface area contributed by atoms with Gasteiger partial charge in [0.2, 0.25) is 5.91 Å². The summed E-state index contributed by atoms with van der Waals surface area (Å²) >= 11 is 0. The lowest BCUT2D eigenvalue weighted by Crippen LogP contribution is -2.47. The number of nitrogens with zero attached hydrogens (tertiary/aromatic N) is 1. The Hall–Kier alpha value is -6.96. The molecule has 61 heavy (non-hydrogen) atoms. The number of rotatable bonds is 14. The maximum Gasteiger partial charge on any atom is 0.407 e. The van der Waals surface area contributed by atoms with Gasteiger partial charge < -0.3 is 34.3 Å². The van der Waals surface area contributed by atoms with Gasteiger partial charge in [-0.25, -0.2) is 9.59 Å². The molecule has 2 heterocycles. The summed E-state index contributed by atoms with van der Waals surface area (Å²) in [5.74, 6) is 0.688. The zero-order valence-corrected chi connectivity index (χ0v) is 34.0. The highest BCUT2D eigenvalue weighted by molar-refractivity contribution is 5.83. The molecule has 1 fully saturated rings. The molecule has 2 aliphatic rings. The third kappa shape index (κ3) is 8.30. The Kier molecular flexibility index (Phi) is 11.9. The number of nitrogens with one attached hydrogen (secondary N) is 3. The van der Waals surface area contributed by atoms with Crippen LogP contribution in [0.2, 0.25) is 0 Å². The van der Waals surface area contributed by atoms with E-state index in [0.717, 1.165) is 38.9 Å². The standard InChI is InChI=1S/C48H46N4O9/c1-30-27-52(46(55)51-45(30)54)44-25-41(50-43(53)26-49-47(56)59-28-40-38-15-9-7-13-36(38)37-14-8-10-16-39(37)40)42(61-44)29-60-48(31-11-5-4-6-12-31,32-17-21-34(57-2)22-18-32)33-19-23-35(58-3)24-20-33/h4-24,27,40-42,44H,25-26,28-29H2,1-3H3,(H,49,56)(H,50,53)(H,51,54,55)/t41-,42+,44+/m0/s1. The number of ether oxygens (including phenoxy) is 5. The van der Waals surface area contributed by atoms with E-state index in [2.05, 4.69) is 27.8 Å². The van der Waals surface area contributed by atoms with Crippen LogP contribution in [0.5, 0.6) is 11.5 Å². The molecule has 0 saturated carbocycles. The van der Waals surface area contributed by atoms with Crippen molar-refractivity contribution in [2.24, 2.45) is 0 Å². The van der Waals surface area contributed by atoms with Gasteiger partial charge in [0.25, 0.3) is 5.56 Å². The highest BCUT2D eigenvalue weighted by atomic mass is 16.6. The number of methoxy groups -OCH3 is 2. The summed E-state index contributed by atoms with van der Waals surface area (Å²) < 4.78 is 31.6. The first kappa shape index (κ1) is 40.8. The molecule has 312 valence electrons. The number of alkyl carbamates (subject to hydrolysis) is 1. The van der Waals surface area contributed by atoms with Crippen LogP contribution in [-0.2, 0) is 24.6 Å². The van der Waals surface area contributed by atoms with E-state index in [1.165, 1.54) is 10.8 Å². The average Bonchev–Trinajstić information content (AvgIpc) is 3.85. The number of hydrogen-bond donors (Lipinski definition) is 3. The summed E-state index contributed by atoms with van der Waals surface area (Å²) in [7, 11) is 3.20. The second-order valence-electron chi connectivity index (χ2n) is 15.0. The smallest absolute Gasteiger partial charge is 0.407 e. The van der Waals surface area contributed by atoms with Crippen molar-refractivity contribution in [3.63, 3.8) is 0 Å². The van der Waals surface area contributed by atoms with Crippen molar-refractivity contribution in [3.8, 4) is 22.6 Å². The van der Waals surface area contributed by atoms with Gasteiger partial charge in [0.15, 0.2) is 0 Å². The molecular formula is C48H46N4O9. The quantitative estimate of drug-likeness (QED) is 0.109. The second-order valence-corrected chi connectivity index (χ2v) is 15.0. The molecular weight excluding hydrogens is 777 g/mol. The Balaban J connectivity index is 1.03. The van der Waals surface area contributed by atoms with Crippen LogP contribution in [0, 0.1) is 6.92 Å². The molecule has 1 aliphatic carbocycles. The van der Waals surface area contributed by atoms with Crippen molar-refractivity contribution in [1.82, 2.24) is 20.2 Å². The summed E-state index contributed by atoms with van der Waals surface area (Å²) in [4.78, 5) is 54.4. The first-order valence-corrected chi connectivity index (χ1v) is 20.0. The highest BCUT2D eigenvalue weighted by Crippen LogP contribution is 2.45. The lowest BCUT2D eigenvalue weighted by Gasteiger charge is -2.37. The fraction of sp³-hybridized carbons (Fsp3) is 0.250. The summed E-state index contributed by atoms with van der Waals surface area (Å²) in [5, 5.41) is 5.59. The predicted octanol–water partition coefficient (Wildman–Crippen LogP) is 6.18. The number of benzene rings is 5. The lowest BCUT2D eigenvalue weighted by molar-refractivity contribution is -0.122. The molecule has 8 rings (SSSR count). The van der Waals surface area contributed by atoms with Crippen molar-refractivity contribution >= 4 is 12.0 Å². The van der Waals surface area contributed by atoms with Gasteiger partial charge in [-0.1, -0.05) is 103 Å². The van der Waals surface area contributed by atoms with E-state index in [-0.39, 0.29) is 32.1 Å². The first-order chi connectivity index (χ1) is 29.7. The average molecular weight is 823 g/mol. The van der Waals surface area contributed by atoms with E-state index in [9.17, 15) is 19.2 Å². The second kappa shape index (κ2) is 17.7. The molecule has 1 saturated heterocycles. The number of carbonyl (C=O) groups excluding carboxylic acids is 2. The van der Waals surface area contributed by atoms with Crippen LogP contribution in [0.1, 0.15) is 51.9 Å². The van der Waals surface area contributed by atoms with E-state index >= 15 is 0 Å². The maximum atomic E-state index is 13.6. The number of amides is 2. The molecule has 5 aromatic carbocycles. The Morgan fingerprint density at radius 1 is 0.754 bits per heavy atom. The number of hydrogen-bond acceptors (Lipinski definition) is 9. The number of aromatic nitrogens is 2. The van der Waals surface area contributed by atoms with Gasteiger partial charge in [0.1, 0.15) is 42.6 Å². The van der Waals surface area contributed by atoms with Gasteiger partial charge >= 0.3 is 11.8 Å². The summed E-state index contributed by atoms with van der Waals surface area (Å²) in [6.07, 6.45) is -0.818. The molecule has 3 atom stereocenters. The molecule has 0 unspecified atom stereocenters. The van der Waals surface area contributed by atoms with Crippen LogP contribution < -0.4 is 31.4 Å². The molecule has 0 radical (unpaired) electrons. The first-order valence-electron chi connectivity index (χ1n) is 20.0. The molecule has 0 bridgehead atoms. The van der Waals surface area contributed by atoms with E-state index in [1.54, 1.807) is 21.1 Å². The van der Waals surface area contributed by atoms with Gasteiger partial charge in [-0.15, -0.1) is 0 Å². The molecule has 1 aliphatic heterocycles. The topological polar surface area (TPSA) is 159 Å². The van der Waals surface area contributed by atoms with E-state index in [1.807, 2.05) is 115 Å². The molecule has 0 spiro atoms. The van der Waals surface area contributed by atoms with Gasteiger partial charge in [-0.05, 0) is 70.1 Å². The van der Waals surface area contributed by atoms with Crippen molar-refractivity contribution in [3.05, 3.63) is 188 Å². The Bertz CT molecular complexity index is 2530. The normalized spacial score (nSPS) is 16.9. The van der Waals surface area contributed by atoms with Gasteiger partial charge in [-0.3, -0.25) is 19.1 Å². The third-order valence-electron chi connectivity index (χ3n) is 11.4. The monoisotopic (exact) mass is 822 g/mol. The number of H-pyrrole nitrogens is 1. The van der Waals surface area contributed by atoms with E-state index in [4.69, 9.17) is 23.7 Å². The summed E-state index contributed by atoms with van der Waals surface area (Å²) in [6.45, 7) is 1.24. The number of aromatic amines is 1. The molecule has 3 N–H and O–H groups in total. The van der Waals surface area contributed by atoms with Crippen molar-refractivity contribution in [1.29, 1.82) is 0 Å². The van der Waals surface area contributed by atoms with Crippen LogP contribution in [0.3, 0.4) is 0 Å². The Labute approximate surface area is 352 Å². The van der Waals surface area contributed by atoms with E-state index in [0.29, 0.717) is 17.1 Å². The molecule has 1 aromatic heterocycles. The third-order valence-corrected chi connectivity index (χ3v) is 11.4. The van der Waals surface area contributed by atoms with Gasteiger partial charge in [0, 0.05) is 24.1 Å². The minimum absolute atomic E-state index is 0.0642. The zero-order valence-electron chi connectivity index (χ0n) is 34.0. The highest BCUT2D eigenvalue weighted by Gasteiger charge is 2.43. The zero-order chi connectivity index (χ0) is 42.5. The maximum absolute atomic E-state index is 13.6. The van der Waals surface area contributed by atoms with Crippen LogP contribution in [0.25, 0.3) is 11.1 Å². The number of carbonyl (C=O) groups is 2.